The summed E-state index contributed by atoms with van der Waals surface area (Å²) in [6, 6.07) is 4.09. The van der Waals surface area contributed by atoms with Gasteiger partial charge in [0.15, 0.2) is 0 Å². The topological polar surface area (TPSA) is 24.9 Å². The fraction of sp³-hybridized carbons (Fsp3) is 0.286. The van der Waals surface area contributed by atoms with Crippen molar-refractivity contribution < 1.29 is 1.43 Å². The highest BCUT2D eigenvalue weighted by Crippen LogP contribution is 2.16. The van der Waals surface area contributed by atoms with E-state index < -0.39 is 0 Å². The van der Waals surface area contributed by atoms with Crippen LogP contribution < -0.4 is 5.32 Å². The highest BCUT2D eigenvalue weighted by molar-refractivity contribution is 5.48. The zero-order valence-electron chi connectivity index (χ0n) is 5.09. The van der Waals surface area contributed by atoms with Crippen molar-refractivity contribution in [2.45, 2.75) is 6.42 Å². The van der Waals surface area contributed by atoms with Gasteiger partial charge in [0.25, 0.3) is 0 Å². The minimum absolute atomic E-state index is 0. The Morgan fingerprint density at radius 3 is 3.56 bits per heavy atom. The number of nitrogens with one attached hydrogen (secondary N) is 1. The van der Waals surface area contributed by atoms with Crippen molar-refractivity contribution in [3.05, 3.63) is 23.9 Å². The Hall–Kier alpha value is -1.05. The number of pyridine rings is 1. The zero-order chi connectivity index (χ0) is 6.10. The summed E-state index contributed by atoms with van der Waals surface area (Å²) < 4.78 is 0. The maximum absolute atomic E-state index is 4.15. The predicted molar refractivity (Wildman–Crippen MR) is 38.5 cm³/mol. The lowest BCUT2D eigenvalue weighted by atomic mass is 10.2. The van der Waals surface area contributed by atoms with E-state index in [2.05, 4.69) is 16.4 Å². The molecule has 0 saturated carbocycles. The SMILES string of the molecule is [HH].c1cnc2c(c1)CCN2. The Kier molecular flexibility index (Phi) is 0.918. The summed E-state index contributed by atoms with van der Waals surface area (Å²) >= 11 is 0. The highest BCUT2D eigenvalue weighted by atomic mass is 15.0. The number of nitrogens with zero attached hydrogens (tertiary/aromatic N) is 1. The quantitative estimate of drug-likeness (QED) is 0.561. The van der Waals surface area contributed by atoms with E-state index in [1.165, 1.54) is 5.56 Å². The van der Waals surface area contributed by atoms with Gasteiger partial charge in [-0.05, 0) is 18.1 Å². The van der Waals surface area contributed by atoms with E-state index in [1.54, 1.807) is 0 Å². The molecule has 0 saturated heterocycles. The lowest BCUT2D eigenvalue weighted by Gasteiger charge is -1.93. The van der Waals surface area contributed by atoms with Crippen molar-refractivity contribution in [1.29, 1.82) is 0 Å². The monoisotopic (exact) mass is 122 g/mol. The highest BCUT2D eigenvalue weighted by Gasteiger charge is 2.07. The molecular formula is C7H10N2. The summed E-state index contributed by atoms with van der Waals surface area (Å²) in [5.41, 5.74) is 1.34. The molecule has 2 heteroatoms. The maximum atomic E-state index is 4.15. The molecule has 1 aromatic rings. The van der Waals surface area contributed by atoms with Gasteiger partial charge >= 0.3 is 0 Å². The molecule has 0 fully saturated rings. The molecule has 0 spiro atoms. The number of rotatable bonds is 0. The Labute approximate surface area is 55.4 Å². The van der Waals surface area contributed by atoms with Crippen LogP contribution in [0.4, 0.5) is 5.82 Å². The van der Waals surface area contributed by atoms with Crippen LogP contribution >= 0.6 is 0 Å². The van der Waals surface area contributed by atoms with Crippen LogP contribution in [0.5, 0.6) is 0 Å². The summed E-state index contributed by atoms with van der Waals surface area (Å²) in [7, 11) is 0. The van der Waals surface area contributed by atoms with Gasteiger partial charge in [-0.3, -0.25) is 0 Å². The Morgan fingerprint density at radius 1 is 1.67 bits per heavy atom. The average Bonchev–Trinajstić information content (AvgIpc) is 2.33. The van der Waals surface area contributed by atoms with E-state index in [9.17, 15) is 0 Å². The molecular weight excluding hydrogens is 112 g/mol. The first-order chi connectivity index (χ1) is 4.47. The molecule has 0 unspecified atom stereocenters. The van der Waals surface area contributed by atoms with Crippen molar-refractivity contribution in [2.75, 3.05) is 11.9 Å². The van der Waals surface area contributed by atoms with Crippen molar-refractivity contribution >= 4 is 5.82 Å². The minimum Gasteiger partial charge on any atom is -0.370 e. The Bertz CT molecular complexity index is 202. The minimum atomic E-state index is 0. The third-order valence-electron chi connectivity index (χ3n) is 1.58. The molecule has 0 amide bonds. The Balaban J connectivity index is 0.000000500. The van der Waals surface area contributed by atoms with Gasteiger partial charge in [0.1, 0.15) is 5.82 Å². The van der Waals surface area contributed by atoms with Crippen molar-refractivity contribution in [3.8, 4) is 0 Å². The van der Waals surface area contributed by atoms with Gasteiger partial charge in [-0.1, -0.05) is 6.07 Å². The van der Waals surface area contributed by atoms with Crippen LogP contribution in [0.3, 0.4) is 0 Å². The van der Waals surface area contributed by atoms with Crippen molar-refractivity contribution in [1.82, 2.24) is 4.98 Å². The van der Waals surface area contributed by atoms with Crippen LogP contribution in [0.15, 0.2) is 18.3 Å². The molecule has 0 aromatic carbocycles. The second kappa shape index (κ2) is 1.72. The third kappa shape index (κ3) is 0.669. The summed E-state index contributed by atoms with van der Waals surface area (Å²) in [6.45, 7) is 1.05. The van der Waals surface area contributed by atoms with Gasteiger partial charge in [0.2, 0.25) is 0 Å². The molecule has 0 radical (unpaired) electrons. The first kappa shape index (κ1) is 4.79. The van der Waals surface area contributed by atoms with Gasteiger partial charge in [0, 0.05) is 14.2 Å². The van der Waals surface area contributed by atoms with E-state index in [-0.39, 0.29) is 1.43 Å². The van der Waals surface area contributed by atoms with Gasteiger partial charge in [-0.25, -0.2) is 4.98 Å². The summed E-state index contributed by atoms with van der Waals surface area (Å²) in [5, 5.41) is 3.19. The van der Waals surface area contributed by atoms with Crippen LogP contribution in [-0.2, 0) is 6.42 Å². The second-order valence-corrected chi connectivity index (χ2v) is 2.19. The molecule has 0 atom stereocenters. The van der Waals surface area contributed by atoms with Crippen molar-refractivity contribution in [3.63, 3.8) is 0 Å². The van der Waals surface area contributed by atoms with Crippen LogP contribution in [0, 0.1) is 0 Å². The molecule has 1 aromatic heterocycles. The first-order valence-corrected chi connectivity index (χ1v) is 3.14. The van der Waals surface area contributed by atoms with E-state index >= 15 is 0 Å². The van der Waals surface area contributed by atoms with Crippen LogP contribution in [-0.4, -0.2) is 11.5 Å². The fourth-order valence-corrected chi connectivity index (χ4v) is 1.12. The normalized spacial score (nSPS) is 14.7. The molecule has 1 aliphatic heterocycles. The molecule has 1 aliphatic rings. The molecule has 2 rings (SSSR count). The van der Waals surface area contributed by atoms with Gasteiger partial charge in [-0.2, -0.15) is 0 Å². The zero-order valence-corrected chi connectivity index (χ0v) is 5.09. The van der Waals surface area contributed by atoms with Gasteiger partial charge < -0.3 is 5.32 Å². The van der Waals surface area contributed by atoms with Crippen LogP contribution in [0.25, 0.3) is 0 Å². The standard InChI is InChI=1S/C7H8N2.H2/c1-2-6-3-5-9-7(6)8-4-1;/h1-2,4H,3,5H2,(H,8,9);1H. The molecule has 0 aliphatic carbocycles. The lowest BCUT2D eigenvalue weighted by Crippen LogP contribution is -1.92. The van der Waals surface area contributed by atoms with Gasteiger partial charge in [-0.15, -0.1) is 0 Å². The molecule has 48 valence electrons. The fourth-order valence-electron chi connectivity index (χ4n) is 1.12. The third-order valence-corrected chi connectivity index (χ3v) is 1.58. The summed E-state index contributed by atoms with van der Waals surface area (Å²) in [5.74, 6) is 1.07. The van der Waals surface area contributed by atoms with E-state index in [1.807, 2.05) is 12.3 Å². The molecule has 0 bridgehead atoms. The second-order valence-electron chi connectivity index (χ2n) is 2.19. The van der Waals surface area contributed by atoms with Crippen LogP contribution in [0.1, 0.15) is 6.99 Å². The number of fused-ring (bicyclic) bond motifs is 1. The smallest absolute Gasteiger partial charge is 0.129 e. The summed E-state index contributed by atoms with van der Waals surface area (Å²) in [6.07, 6.45) is 2.94. The number of hydrogen-bond acceptors (Lipinski definition) is 2. The Morgan fingerprint density at radius 2 is 2.67 bits per heavy atom. The maximum Gasteiger partial charge on any atom is 0.129 e. The van der Waals surface area contributed by atoms with E-state index in [4.69, 9.17) is 0 Å². The molecule has 1 N–H and O–H groups in total. The van der Waals surface area contributed by atoms with E-state index in [0.717, 1.165) is 18.8 Å². The first-order valence-electron chi connectivity index (χ1n) is 3.14. The van der Waals surface area contributed by atoms with E-state index in [0.29, 0.717) is 0 Å². The van der Waals surface area contributed by atoms with Crippen LogP contribution in [0.2, 0.25) is 0 Å². The average molecular weight is 122 g/mol. The molecule has 2 heterocycles. The van der Waals surface area contributed by atoms with Gasteiger partial charge in [0.05, 0.1) is 0 Å². The molecule has 2 nitrogen and oxygen atoms in total. The number of aromatic nitrogens is 1. The number of anilines is 1. The molecule has 9 heavy (non-hydrogen) atoms. The predicted octanol–water partition coefficient (Wildman–Crippen LogP) is 1.30. The lowest BCUT2D eigenvalue weighted by molar-refractivity contribution is 1.11. The number of hydrogen-bond donors (Lipinski definition) is 1. The largest absolute Gasteiger partial charge is 0.370 e. The van der Waals surface area contributed by atoms with Crippen molar-refractivity contribution in [2.24, 2.45) is 0 Å². The summed E-state index contributed by atoms with van der Waals surface area (Å²) in [4.78, 5) is 4.15.